The maximum Gasteiger partial charge on any atom is 0.346 e. The second kappa shape index (κ2) is 13.4. The highest BCUT2D eigenvalue weighted by atomic mass is 32.2. The number of carbonyl (C=O) groups excluding carboxylic acids is 2. The Morgan fingerprint density at radius 3 is 2.04 bits per heavy atom. The summed E-state index contributed by atoms with van der Waals surface area (Å²) in [5.74, 6) is -0.721. The van der Waals surface area contributed by atoms with Crippen LogP contribution < -0.4 is 15.4 Å². The molecule has 1 amide bonds. The number of hydrogen-bond donors (Lipinski definition) is 0. The zero-order valence-corrected chi connectivity index (χ0v) is 29.4. The zero-order chi connectivity index (χ0) is 34.2. The lowest BCUT2D eigenvalue weighted by molar-refractivity contribution is -0.137. The Kier molecular flexibility index (Phi) is 8.88. The van der Waals surface area contributed by atoms with Gasteiger partial charge in [0, 0.05) is 29.5 Å². The third-order valence-electron chi connectivity index (χ3n) is 8.03. The standard InChI is InChI=1S/C36H30N6O4S3/c1-5-46-34(45)29-23(3)40(24-15-9-6-10-16-24)33(48-29)30-32(44)41(25-17-11-7-12-18-25)36(49-30)38-35-37-27(21-47-35)28-22(2)39(4)42(31(28)43)26-19-13-8-14-20-26/h6-21H,5H2,1-4H3/b33-30+,38-36?. The van der Waals surface area contributed by atoms with Crippen LogP contribution in [-0.4, -0.2) is 38.0 Å². The summed E-state index contributed by atoms with van der Waals surface area (Å²) < 4.78 is 8.81. The number of thiazole rings is 1. The minimum Gasteiger partial charge on any atom is -0.462 e. The Hall–Kier alpha value is -5.11. The van der Waals surface area contributed by atoms with Gasteiger partial charge in [0.25, 0.3) is 11.5 Å². The van der Waals surface area contributed by atoms with E-state index in [2.05, 4.69) is 0 Å². The Bertz CT molecular complexity index is 2240. The molecule has 2 aliphatic heterocycles. The summed E-state index contributed by atoms with van der Waals surface area (Å²) in [4.78, 5) is 55.1. The maximum absolute atomic E-state index is 14.4. The van der Waals surface area contributed by atoms with Gasteiger partial charge in [-0.15, -0.1) is 11.3 Å². The molecule has 0 atom stereocenters. The first-order valence-electron chi connectivity index (χ1n) is 15.4. The van der Waals surface area contributed by atoms with Crippen LogP contribution in [0.2, 0.25) is 0 Å². The van der Waals surface area contributed by atoms with Crippen LogP contribution in [0.25, 0.3) is 16.9 Å². The number of benzene rings is 3. The van der Waals surface area contributed by atoms with Crippen LogP contribution in [0.4, 0.5) is 16.5 Å². The fraction of sp³-hybridized carbons (Fsp3) is 0.139. The van der Waals surface area contributed by atoms with E-state index in [0.29, 0.717) is 47.8 Å². The molecule has 0 spiro atoms. The van der Waals surface area contributed by atoms with Crippen LogP contribution in [0.3, 0.4) is 0 Å². The highest BCUT2D eigenvalue weighted by Crippen LogP contribution is 2.50. The van der Waals surface area contributed by atoms with E-state index in [4.69, 9.17) is 14.7 Å². The minimum atomic E-state index is -0.441. The van der Waals surface area contributed by atoms with Gasteiger partial charge in [0.05, 0.1) is 29.2 Å². The number of nitrogens with zero attached hydrogens (tertiary/aromatic N) is 6. The first-order chi connectivity index (χ1) is 23.8. The summed E-state index contributed by atoms with van der Waals surface area (Å²) in [5.41, 5.74) is 4.46. The van der Waals surface area contributed by atoms with E-state index < -0.39 is 5.97 Å². The molecule has 4 heterocycles. The summed E-state index contributed by atoms with van der Waals surface area (Å²) in [6.45, 7) is 5.74. The Labute approximate surface area is 295 Å². The number of allylic oxidation sites excluding steroid dienone is 1. The Morgan fingerprint density at radius 2 is 1.43 bits per heavy atom. The normalized spacial score (nSPS) is 17.1. The van der Waals surface area contributed by atoms with Gasteiger partial charge in [-0.1, -0.05) is 66.4 Å². The Morgan fingerprint density at radius 1 is 0.837 bits per heavy atom. The smallest absolute Gasteiger partial charge is 0.346 e. The van der Waals surface area contributed by atoms with Gasteiger partial charge in [0.2, 0.25) is 5.13 Å². The molecule has 49 heavy (non-hydrogen) atoms. The van der Waals surface area contributed by atoms with Crippen LogP contribution in [0.1, 0.15) is 19.5 Å². The summed E-state index contributed by atoms with van der Waals surface area (Å²) in [7, 11) is 1.85. The maximum atomic E-state index is 14.4. The predicted octanol–water partition coefficient (Wildman–Crippen LogP) is 7.59. The number of rotatable bonds is 7. The van der Waals surface area contributed by atoms with Gasteiger partial charge in [0.1, 0.15) is 14.8 Å². The fourth-order valence-corrected chi connectivity index (χ4v) is 8.67. The number of thioether (sulfide) groups is 2. The van der Waals surface area contributed by atoms with Crippen molar-refractivity contribution in [3.8, 4) is 16.9 Å². The lowest BCUT2D eigenvalue weighted by Gasteiger charge is -2.22. The molecule has 1 saturated heterocycles. The molecule has 3 aromatic carbocycles. The first kappa shape index (κ1) is 32.4. The van der Waals surface area contributed by atoms with Crippen molar-refractivity contribution in [3.05, 3.63) is 133 Å². The topological polar surface area (TPSA) is 102 Å². The van der Waals surface area contributed by atoms with Crippen molar-refractivity contribution in [1.82, 2.24) is 14.3 Å². The van der Waals surface area contributed by atoms with Crippen LogP contribution in [0.5, 0.6) is 0 Å². The molecule has 13 heteroatoms. The molecule has 246 valence electrons. The van der Waals surface area contributed by atoms with E-state index >= 15 is 0 Å². The van der Waals surface area contributed by atoms with E-state index in [1.54, 1.807) is 16.5 Å². The van der Waals surface area contributed by atoms with Gasteiger partial charge in [-0.2, -0.15) is 4.99 Å². The number of carbonyl (C=O) groups is 2. The number of aromatic nitrogens is 3. The molecular formula is C36H30N6O4S3. The fourth-order valence-electron chi connectivity index (χ4n) is 5.65. The second-order valence-electron chi connectivity index (χ2n) is 11.0. The summed E-state index contributed by atoms with van der Waals surface area (Å²) in [5, 5.41) is 3.21. The molecule has 7 rings (SSSR count). The zero-order valence-electron chi connectivity index (χ0n) is 27.0. The number of ether oxygens (including phenoxy) is 1. The van der Waals surface area contributed by atoms with Gasteiger partial charge in [-0.3, -0.25) is 19.2 Å². The first-order valence-corrected chi connectivity index (χ1v) is 17.9. The van der Waals surface area contributed by atoms with Crippen LogP contribution >= 0.6 is 34.9 Å². The van der Waals surface area contributed by atoms with Gasteiger partial charge in [-0.25, -0.2) is 14.5 Å². The molecule has 0 saturated carbocycles. The molecule has 0 unspecified atom stereocenters. The molecule has 10 nitrogen and oxygen atoms in total. The largest absolute Gasteiger partial charge is 0.462 e. The monoisotopic (exact) mass is 706 g/mol. The lowest BCUT2D eigenvalue weighted by Crippen LogP contribution is -2.29. The number of amides is 1. The van der Waals surface area contributed by atoms with Crippen molar-refractivity contribution >= 4 is 68.4 Å². The SMILES string of the molecule is CCOC(=O)C1=C(C)N(c2ccccc2)/C(=C2\SC(=Nc3nc(-c4c(C)n(C)n(-c5ccccc5)c4=O)cs3)N(c3ccccc3)C2=O)S1. The summed E-state index contributed by atoms with van der Waals surface area (Å²) in [6, 6.07) is 28.4. The van der Waals surface area contributed by atoms with Crippen molar-refractivity contribution in [3.63, 3.8) is 0 Å². The van der Waals surface area contributed by atoms with Crippen molar-refractivity contribution in [2.75, 3.05) is 16.4 Å². The number of para-hydroxylation sites is 3. The average Bonchev–Trinajstić information content (AvgIpc) is 3.85. The third-order valence-corrected chi connectivity index (χ3v) is 11.2. The third kappa shape index (κ3) is 5.83. The van der Waals surface area contributed by atoms with E-state index in [1.807, 2.05) is 127 Å². The molecule has 5 aromatic rings. The van der Waals surface area contributed by atoms with E-state index in [0.717, 1.165) is 17.1 Å². The van der Waals surface area contributed by atoms with Crippen LogP contribution in [-0.2, 0) is 21.4 Å². The number of esters is 1. The van der Waals surface area contributed by atoms with E-state index in [-0.39, 0.29) is 18.1 Å². The molecule has 0 aliphatic carbocycles. The number of anilines is 2. The van der Waals surface area contributed by atoms with Crippen LogP contribution in [0.15, 0.2) is 127 Å². The molecule has 2 aromatic heterocycles. The predicted molar refractivity (Wildman–Crippen MR) is 198 cm³/mol. The van der Waals surface area contributed by atoms with Crippen LogP contribution in [0, 0.1) is 6.92 Å². The van der Waals surface area contributed by atoms with Gasteiger partial charge in [0.15, 0.2) is 5.17 Å². The molecule has 0 radical (unpaired) electrons. The lowest BCUT2D eigenvalue weighted by atomic mass is 10.2. The molecule has 0 bridgehead atoms. The molecular weight excluding hydrogens is 677 g/mol. The van der Waals surface area contributed by atoms with Crippen molar-refractivity contribution in [2.45, 2.75) is 20.8 Å². The minimum absolute atomic E-state index is 0.182. The average molecular weight is 707 g/mol. The number of hydrogen-bond acceptors (Lipinski definition) is 10. The van der Waals surface area contributed by atoms with Crippen molar-refractivity contribution in [2.24, 2.45) is 12.0 Å². The highest BCUT2D eigenvalue weighted by molar-refractivity contribution is 8.20. The molecule has 1 fully saturated rings. The van der Waals surface area contributed by atoms with Crippen molar-refractivity contribution in [1.29, 1.82) is 0 Å². The highest BCUT2D eigenvalue weighted by Gasteiger charge is 2.42. The second-order valence-corrected chi connectivity index (χ2v) is 13.8. The van der Waals surface area contributed by atoms with E-state index in [9.17, 15) is 14.4 Å². The summed E-state index contributed by atoms with van der Waals surface area (Å²) >= 11 is 3.73. The Balaban J connectivity index is 1.32. The quantitative estimate of drug-likeness (QED) is 0.126. The number of aliphatic imine (C=N–C) groups is 1. The molecule has 2 aliphatic rings. The number of amidine groups is 1. The van der Waals surface area contributed by atoms with Crippen molar-refractivity contribution < 1.29 is 14.3 Å². The molecule has 0 N–H and O–H groups in total. The van der Waals surface area contributed by atoms with Gasteiger partial charge < -0.3 is 9.64 Å². The van der Waals surface area contributed by atoms with Gasteiger partial charge >= 0.3 is 5.97 Å². The van der Waals surface area contributed by atoms with E-state index in [1.165, 1.54) is 34.9 Å². The summed E-state index contributed by atoms with van der Waals surface area (Å²) in [6.07, 6.45) is 0. The van der Waals surface area contributed by atoms with Gasteiger partial charge in [-0.05, 0) is 68.9 Å².